The van der Waals surface area contributed by atoms with E-state index in [4.69, 9.17) is 0 Å². The largest absolute Gasteiger partial charge is 0.393 e. The number of aliphatic hydroxyl groups excluding tert-OH is 1. The van der Waals surface area contributed by atoms with E-state index in [9.17, 15) is 5.11 Å². The topological polar surface area (TPSA) is 32.3 Å². The van der Waals surface area contributed by atoms with Gasteiger partial charge in [0.2, 0.25) is 0 Å². The molecule has 0 heterocycles. The maximum Gasteiger partial charge on any atom is 0.0541 e. The lowest BCUT2D eigenvalue weighted by atomic mass is 9.85. The number of benzene rings is 1. The number of aryl methyl sites for hydroxylation is 1. The first-order valence-corrected chi connectivity index (χ1v) is 7.35. The van der Waals surface area contributed by atoms with Crippen molar-refractivity contribution in [3.8, 4) is 0 Å². The second-order valence-electron chi connectivity index (χ2n) is 5.82. The van der Waals surface area contributed by atoms with Gasteiger partial charge in [0.15, 0.2) is 0 Å². The van der Waals surface area contributed by atoms with Crippen molar-refractivity contribution in [3.63, 3.8) is 0 Å². The van der Waals surface area contributed by atoms with Crippen LogP contribution < -0.4 is 5.32 Å². The number of aliphatic hydroxyl groups is 1. The van der Waals surface area contributed by atoms with Crippen LogP contribution in [0.4, 0.5) is 0 Å². The molecule has 0 bridgehead atoms. The van der Waals surface area contributed by atoms with Crippen molar-refractivity contribution >= 4 is 0 Å². The van der Waals surface area contributed by atoms with Gasteiger partial charge in [0, 0.05) is 12.1 Å². The van der Waals surface area contributed by atoms with Gasteiger partial charge in [-0.3, -0.25) is 0 Å². The zero-order valence-electron chi connectivity index (χ0n) is 10.9. The fourth-order valence-electron chi connectivity index (χ4n) is 3.45. The van der Waals surface area contributed by atoms with E-state index >= 15 is 0 Å². The highest BCUT2D eigenvalue weighted by Gasteiger charge is 2.25. The molecule has 1 atom stereocenters. The molecule has 2 N–H and O–H groups in total. The van der Waals surface area contributed by atoms with Crippen LogP contribution in [0.2, 0.25) is 0 Å². The van der Waals surface area contributed by atoms with Crippen molar-refractivity contribution in [3.05, 3.63) is 35.4 Å². The maximum absolute atomic E-state index is 9.56. The molecule has 1 saturated carbocycles. The molecule has 0 radical (unpaired) electrons. The van der Waals surface area contributed by atoms with Crippen molar-refractivity contribution in [2.24, 2.45) is 0 Å². The molecule has 2 aliphatic rings. The Balaban J connectivity index is 1.67. The summed E-state index contributed by atoms with van der Waals surface area (Å²) < 4.78 is 0. The monoisotopic (exact) mass is 245 g/mol. The average molecular weight is 245 g/mol. The molecule has 0 saturated heterocycles. The van der Waals surface area contributed by atoms with Gasteiger partial charge >= 0.3 is 0 Å². The Hall–Kier alpha value is -0.860. The second kappa shape index (κ2) is 5.41. The highest BCUT2D eigenvalue weighted by Crippen LogP contribution is 2.31. The van der Waals surface area contributed by atoms with E-state index in [1.54, 1.807) is 0 Å². The molecule has 1 aromatic carbocycles. The molecule has 2 heteroatoms. The van der Waals surface area contributed by atoms with Crippen LogP contribution in [0.3, 0.4) is 0 Å². The minimum Gasteiger partial charge on any atom is -0.393 e. The van der Waals surface area contributed by atoms with Crippen molar-refractivity contribution < 1.29 is 5.11 Å². The van der Waals surface area contributed by atoms with Crippen LogP contribution in [0.15, 0.2) is 24.3 Å². The van der Waals surface area contributed by atoms with Crippen LogP contribution in [-0.2, 0) is 6.42 Å². The summed E-state index contributed by atoms with van der Waals surface area (Å²) in [5, 5.41) is 13.4. The van der Waals surface area contributed by atoms with Crippen molar-refractivity contribution in [1.82, 2.24) is 5.32 Å². The average Bonchev–Trinajstić information content (AvgIpc) is 2.42. The minimum atomic E-state index is -0.0540. The highest BCUT2D eigenvalue weighted by atomic mass is 16.3. The zero-order chi connectivity index (χ0) is 12.4. The molecule has 0 aliphatic heterocycles. The van der Waals surface area contributed by atoms with Crippen LogP contribution in [0, 0.1) is 0 Å². The molecule has 0 aromatic heterocycles. The summed E-state index contributed by atoms with van der Waals surface area (Å²) in [5.74, 6) is 0. The second-order valence-corrected chi connectivity index (χ2v) is 5.82. The molecule has 1 aromatic rings. The van der Waals surface area contributed by atoms with E-state index < -0.39 is 0 Å². The first-order valence-electron chi connectivity index (χ1n) is 7.35. The van der Waals surface area contributed by atoms with E-state index in [0.29, 0.717) is 12.1 Å². The molecule has 1 fully saturated rings. The molecule has 0 spiro atoms. The van der Waals surface area contributed by atoms with E-state index in [1.807, 2.05) is 0 Å². The van der Waals surface area contributed by atoms with Gasteiger partial charge in [-0.2, -0.15) is 0 Å². The van der Waals surface area contributed by atoms with Crippen LogP contribution in [0.1, 0.15) is 55.7 Å². The summed E-state index contributed by atoms with van der Waals surface area (Å²) in [7, 11) is 0. The molecule has 18 heavy (non-hydrogen) atoms. The SMILES string of the molecule is OC1CCC(NC2CCCc3ccccc32)CC1. The van der Waals surface area contributed by atoms with Gasteiger partial charge in [0.25, 0.3) is 0 Å². The molecule has 1 unspecified atom stereocenters. The molecule has 3 rings (SSSR count). The Morgan fingerprint density at radius 2 is 1.78 bits per heavy atom. The summed E-state index contributed by atoms with van der Waals surface area (Å²) in [6.07, 6.45) is 7.91. The Morgan fingerprint density at radius 3 is 2.61 bits per heavy atom. The Labute approximate surface area is 109 Å². The number of hydrogen-bond acceptors (Lipinski definition) is 2. The molecular formula is C16H23NO. The lowest BCUT2D eigenvalue weighted by Crippen LogP contribution is -2.38. The molecule has 2 nitrogen and oxygen atoms in total. The van der Waals surface area contributed by atoms with Gasteiger partial charge in [0.1, 0.15) is 0 Å². The lowest BCUT2D eigenvalue weighted by molar-refractivity contribution is 0.113. The molecule has 98 valence electrons. The fraction of sp³-hybridized carbons (Fsp3) is 0.625. The van der Waals surface area contributed by atoms with Crippen molar-refractivity contribution in [1.29, 1.82) is 0 Å². The van der Waals surface area contributed by atoms with Crippen molar-refractivity contribution in [2.45, 2.75) is 63.1 Å². The van der Waals surface area contributed by atoms with E-state index in [2.05, 4.69) is 29.6 Å². The smallest absolute Gasteiger partial charge is 0.0541 e. The minimum absolute atomic E-state index is 0.0540. The van der Waals surface area contributed by atoms with E-state index in [1.165, 1.54) is 30.4 Å². The van der Waals surface area contributed by atoms with E-state index in [0.717, 1.165) is 25.7 Å². The number of fused-ring (bicyclic) bond motifs is 1. The summed E-state index contributed by atoms with van der Waals surface area (Å²) in [6, 6.07) is 10.00. The predicted molar refractivity (Wildman–Crippen MR) is 73.5 cm³/mol. The van der Waals surface area contributed by atoms with Gasteiger partial charge in [-0.25, -0.2) is 0 Å². The standard InChI is InChI=1S/C16H23NO/c18-14-10-8-13(9-11-14)17-16-7-3-5-12-4-1-2-6-15(12)16/h1-2,4,6,13-14,16-18H,3,5,7-11H2. The number of rotatable bonds is 2. The normalized spacial score (nSPS) is 31.9. The van der Waals surface area contributed by atoms with Crippen LogP contribution in [0.5, 0.6) is 0 Å². The van der Waals surface area contributed by atoms with Crippen LogP contribution >= 0.6 is 0 Å². The lowest BCUT2D eigenvalue weighted by Gasteiger charge is -2.33. The molecule has 2 aliphatic carbocycles. The molecular weight excluding hydrogens is 222 g/mol. The van der Waals surface area contributed by atoms with Gasteiger partial charge in [-0.1, -0.05) is 24.3 Å². The summed E-state index contributed by atoms with van der Waals surface area (Å²) in [6.45, 7) is 0. The number of nitrogens with one attached hydrogen (secondary N) is 1. The maximum atomic E-state index is 9.56. The van der Waals surface area contributed by atoms with Crippen LogP contribution in [-0.4, -0.2) is 17.3 Å². The quantitative estimate of drug-likeness (QED) is 0.839. The van der Waals surface area contributed by atoms with Gasteiger partial charge < -0.3 is 10.4 Å². The third-order valence-corrected chi connectivity index (χ3v) is 4.50. The summed E-state index contributed by atoms with van der Waals surface area (Å²) in [5.41, 5.74) is 3.03. The van der Waals surface area contributed by atoms with Crippen molar-refractivity contribution in [2.75, 3.05) is 0 Å². The van der Waals surface area contributed by atoms with E-state index in [-0.39, 0.29) is 6.10 Å². The van der Waals surface area contributed by atoms with Crippen LogP contribution in [0.25, 0.3) is 0 Å². The predicted octanol–water partition coefficient (Wildman–Crippen LogP) is 2.96. The summed E-state index contributed by atoms with van der Waals surface area (Å²) in [4.78, 5) is 0. The number of hydrogen-bond donors (Lipinski definition) is 2. The Kier molecular flexibility index (Phi) is 3.67. The third kappa shape index (κ3) is 2.60. The van der Waals surface area contributed by atoms with Gasteiger partial charge in [-0.05, 0) is 56.1 Å². The zero-order valence-corrected chi connectivity index (χ0v) is 10.9. The van der Waals surface area contributed by atoms with Gasteiger partial charge in [0.05, 0.1) is 6.10 Å². The third-order valence-electron chi connectivity index (χ3n) is 4.50. The highest BCUT2D eigenvalue weighted by molar-refractivity contribution is 5.32. The molecule has 0 amide bonds. The first kappa shape index (κ1) is 12.2. The summed E-state index contributed by atoms with van der Waals surface area (Å²) >= 11 is 0. The Bertz CT molecular complexity index is 396. The Morgan fingerprint density at radius 1 is 1.00 bits per heavy atom. The first-order chi connectivity index (χ1) is 8.83. The fourth-order valence-corrected chi connectivity index (χ4v) is 3.45. The van der Waals surface area contributed by atoms with Gasteiger partial charge in [-0.15, -0.1) is 0 Å².